The fourth-order valence-corrected chi connectivity index (χ4v) is 6.44. The van der Waals surface area contributed by atoms with Crippen LogP contribution in [-0.4, -0.2) is 58.4 Å². The Kier molecular flexibility index (Phi) is 4.46. The van der Waals surface area contributed by atoms with Crippen LogP contribution >= 0.6 is 0 Å². The molecule has 2 fully saturated rings. The van der Waals surface area contributed by atoms with Crippen LogP contribution in [0.5, 0.6) is 11.5 Å². The highest BCUT2D eigenvalue weighted by atomic mass is 127. The van der Waals surface area contributed by atoms with Crippen molar-refractivity contribution >= 4 is 5.78 Å². The lowest BCUT2D eigenvalue weighted by atomic mass is 9.48. The van der Waals surface area contributed by atoms with Gasteiger partial charge in [0.15, 0.2) is 23.4 Å². The second kappa shape index (κ2) is 6.19. The zero-order valence-electron chi connectivity index (χ0n) is 16.7. The maximum absolute atomic E-state index is 12.8. The molecular weight excluding hydrogens is 469 g/mol. The number of benzene rings is 1. The summed E-state index contributed by atoms with van der Waals surface area (Å²) >= 11 is 0. The summed E-state index contributed by atoms with van der Waals surface area (Å²) in [4.78, 5) is 12.8. The Morgan fingerprint density at radius 3 is 2.82 bits per heavy atom. The number of likely N-dealkylation sites (N-methyl/N-ethyl adjacent to an activating group) is 1. The Morgan fingerprint density at radius 1 is 1.36 bits per heavy atom. The number of rotatable bonds is 2. The first-order chi connectivity index (χ1) is 12.7. The van der Waals surface area contributed by atoms with E-state index < -0.39 is 17.1 Å². The van der Waals surface area contributed by atoms with Gasteiger partial charge in [0, 0.05) is 24.8 Å². The van der Waals surface area contributed by atoms with Crippen LogP contribution in [0.25, 0.3) is 0 Å². The van der Waals surface area contributed by atoms with Gasteiger partial charge in [-0.3, -0.25) is 4.79 Å². The zero-order chi connectivity index (χ0) is 19.2. The molecule has 4 aliphatic rings. The minimum Gasteiger partial charge on any atom is -1.00 e. The largest absolute Gasteiger partial charge is 1.00 e. The van der Waals surface area contributed by atoms with Gasteiger partial charge in [0.25, 0.3) is 0 Å². The summed E-state index contributed by atoms with van der Waals surface area (Å²) in [5.74, 6) is 0.575. The number of Topliss-reactive ketones (excluding diaryl/α,β-unsaturated/α-hetero) is 1. The van der Waals surface area contributed by atoms with Crippen molar-refractivity contribution in [3.63, 3.8) is 0 Å². The standard InChI is InChI=1S/C22H27NO4.HI/c1-13(2)7-10-23(3)11-9-21-18-14-4-5-15(24)19(18)27-20(21)16(25)6-8-22(21,26)17(23)12-14;/h4-5,7,17,20,26H,6,8-12H2,1-3H3;1H/t17-,20+,21+,22-,23?;/m1./s1. The number of phenolic OH excluding ortho intramolecular Hbond substituents is 1. The summed E-state index contributed by atoms with van der Waals surface area (Å²) in [7, 11) is 2.24. The summed E-state index contributed by atoms with van der Waals surface area (Å²) in [6.45, 7) is 5.98. The first-order valence-electron chi connectivity index (χ1n) is 9.98. The number of likely N-dealkylation sites (tertiary alicyclic amines) is 1. The maximum Gasteiger partial charge on any atom is 0.174 e. The summed E-state index contributed by atoms with van der Waals surface area (Å²) in [6, 6.07) is 3.65. The Bertz CT molecular complexity index is 895. The van der Waals surface area contributed by atoms with Gasteiger partial charge >= 0.3 is 0 Å². The molecule has 0 radical (unpaired) electrons. The number of phenols is 1. The van der Waals surface area contributed by atoms with Crippen molar-refractivity contribution in [2.75, 3.05) is 20.1 Å². The second-order valence-corrected chi connectivity index (χ2v) is 9.44. The van der Waals surface area contributed by atoms with Crippen LogP contribution in [0.2, 0.25) is 0 Å². The molecule has 0 aromatic heterocycles. The Morgan fingerprint density at radius 2 is 2.11 bits per heavy atom. The van der Waals surface area contributed by atoms with Gasteiger partial charge in [0.2, 0.25) is 0 Å². The molecule has 1 aromatic carbocycles. The lowest BCUT2D eigenvalue weighted by Gasteiger charge is -2.64. The van der Waals surface area contributed by atoms with Crippen LogP contribution in [-0.2, 0) is 16.6 Å². The van der Waals surface area contributed by atoms with Crippen LogP contribution in [0.3, 0.4) is 0 Å². The molecule has 1 unspecified atom stereocenters. The molecule has 6 heteroatoms. The van der Waals surface area contributed by atoms with Crippen molar-refractivity contribution in [2.24, 2.45) is 0 Å². The fourth-order valence-electron chi connectivity index (χ4n) is 6.44. The highest BCUT2D eigenvalue weighted by molar-refractivity contribution is 5.90. The van der Waals surface area contributed by atoms with Gasteiger partial charge in [0.05, 0.1) is 25.6 Å². The number of piperidine rings is 1. The second-order valence-electron chi connectivity index (χ2n) is 9.44. The maximum atomic E-state index is 12.8. The lowest BCUT2D eigenvalue weighted by molar-refractivity contribution is -0.944. The van der Waals surface area contributed by atoms with Gasteiger partial charge < -0.3 is 43.4 Å². The number of ketones is 1. The SMILES string of the molecule is CC(C)=CC[N+]1(C)CC[C@]23c4c5ccc(O)c4O[C@H]2C(=O)CC[C@@]3(O)[C@H]1C5.[I-]. The minimum absolute atomic E-state index is 0. The molecule has 5 atom stereocenters. The topological polar surface area (TPSA) is 66.8 Å². The molecular formula is C22H28INO4. The monoisotopic (exact) mass is 497 g/mol. The number of halogens is 1. The van der Waals surface area contributed by atoms with Crippen LogP contribution in [0.1, 0.15) is 44.2 Å². The van der Waals surface area contributed by atoms with Crippen LogP contribution in [0.15, 0.2) is 23.8 Å². The molecule has 0 amide bonds. The van der Waals surface area contributed by atoms with Gasteiger partial charge in [-0.25, -0.2) is 0 Å². The Labute approximate surface area is 183 Å². The summed E-state index contributed by atoms with van der Waals surface area (Å²) < 4.78 is 6.85. The third-order valence-corrected chi connectivity index (χ3v) is 7.82. The van der Waals surface area contributed by atoms with E-state index in [2.05, 4.69) is 27.0 Å². The summed E-state index contributed by atoms with van der Waals surface area (Å²) in [5, 5.41) is 22.6. The predicted molar refractivity (Wildman–Crippen MR) is 101 cm³/mol. The number of hydrogen-bond donors (Lipinski definition) is 2. The first kappa shape index (κ1) is 20.2. The summed E-state index contributed by atoms with van der Waals surface area (Å²) in [5.41, 5.74) is 1.62. The van der Waals surface area contributed by atoms with E-state index >= 15 is 0 Å². The van der Waals surface area contributed by atoms with Crippen molar-refractivity contribution < 1.29 is 48.2 Å². The Hall–Kier alpha value is -1.12. The number of hydrogen-bond acceptors (Lipinski definition) is 4. The molecule has 2 aliphatic carbocycles. The molecule has 2 bridgehead atoms. The van der Waals surface area contributed by atoms with Crippen LogP contribution in [0, 0.1) is 0 Å². The average molecular weight is 497 g/mol. The number of nitrogens with zero attached hydrogens (tertiary/aromatic N) is 1. The molecule has 152 valence electrons. The molecule has 2 N–H and O–H groups in total. The fraction of sp³-hybridized carbons (Fsp3) is 0.591. The van der Waals surface area contributed by atoms with E-state index in [1.807, 2.05) is 6.07 Å². The molecule has 1 spiro atoms. The van der Waals surface area contributed by atoms with Crippen molar-refractivity contribution in [3.8, 4) is 11.5 Å². The smallest absolute Gasteiger partial charge is 0.174 e. The van der Waals surface area contributed by atoms with E-state index in [4.69, 9.17) is 4.74 Å². The highest BCUT2D eigenvalue weighted by Crippen LogP contribution is 2.65. The van der Waals surface area contributed by atoms with E-state index in [0.29, 0.717) is 25.0 Å². The number of quaternary nitrogens is 1. The number of aromatic hydroxyl groups is 1. The minimum atomic E-state index is -0.986. The molecule has 2 aliphatic heterocycles. The van der Waals surface area contributed by atoms with Gasteiger partial charge in [0.1, 0.15) is 11.6 Å². The lowest BCUT2D eigenvalue weighted by Crippen LogP contribution is -3.00. The average Bonchev–Trinajstić information content (AvgIpc) is 2.98. The van der Waals surface area contributed by atoms with E-state index in [0.717, 1.165) is 35.1 Å². The number of carbonyl (C=O) groups is 1. The van der Waals surface area contributed by atoms with Crippen molar-refractivity contribution in [1.82, 2.24) is 0 Å². The first-order valence-corrected chi connectivity index (χ1v) is 9.98. The van der Waals surface area contributed by atoms with Gasteiger partial charge in [-0.1, -0.05) is 11.6 Å². The van der Waals surface area contributed by atoms with E-state index in [9.17, 15) is 15.0 Å². The Balaban J connectivity index is 0.00000192. The van der Waals surface area contributed by atoms with E-state index in [1.165, 1.54) is 5.57 Å². The summed E-state index contributed by atoms with van der Waals surface area (Å²) in [6.07, 6.45) is 3.86. The van der Waals surface area contributed by atoms with Gasteiger partial charge in [-0.05, 0) is 38.0 Å². The molecule has 5 nitrogen and oxygen atoms in total. The molecule has 1 aromatic rings. The molecule has 1 saturated heterocycles. The third-order valence-electron chi connectivity index (χ3n) is 7.82. The molecule has 2 heterocycles. The molecule has 1 saturated carbocycles. The number of ether oxygens (including phenoxy) is 1. The van der Waals surface area contributed by atoms with Gasteiger partial charge in [-0.2, -0.15) is 0 Å². The zero-order valence-corrected chi connectivity index (χ0v) is 18.8. The number of allylic oxidation sites excluding steroid dienone is 1. The van der Waals surface area contributed by atoms with Gasteiger partial charge in [-0.15, -0.1) is 0 Å². The normalized spacial score (nSPS) is 39.5. The molecule has 5 rings (SSSR count). The highest BCUT2D eigenvalue weighted by Gasteiger charge is 2.76. The third kappa shape index (κ3) is 2.22. The van der Waals surface area contributed by atoms with E-state index in [1.54, 1.807) is 6.07 Å². The van der Waals surface area contributed by atoms with Crippen molar-refractivity contribution in [1.29, 1.82) is 0 Å². The van der Waals surface area contributed by atoms with Crippen molar-refractivity contribution in [2.45, 2.75) is 62.7 Å². The van der Waals surface area contributed by atoms with Crippen LogP contribution in [0.4, 0.5) is 0 Å². The van der Waals surface area contributed by atoms with Crippen LogP contribution < -0.4 is 28.7 Å². The quantitative estimate of drug-likeness (QED) is 0.320. The van der Waals surface area contributed by atoms with Crippen molar-refractivity contribution in [3.05, 3.63) is 34.9 Å². The predicted octanol–water partition coefficient (Wildman–Crippen LogP) is -0.770. The molecule has 28 heavy (non-hydrogen) atoms. The number of carbonyl (C=O) groups excluding carboxylic acids is 1. The van der Waals surface area contributed by atoms with E-state index in [-0.39, 0.29) is 41.6 Å². The number of aliphatic hydroxyl groups is 1.